The summed E-state index contributed by atoms with van der Waals surface area (Å²) in [5.41, 5.74) is 1.50. The van der Waals surface area contributed by atoms with Crippen molar-refractivity contribution >= 4 is 17.3 Å². The van der Waals surface area contributed by atoms with Gasteiger partial charge in [-0.25, -0.2) is 0 Å². The Labute approximate surface area is 155 Å². The van der Waals surface area contributed by atoms with Crippen molar-refractivity contribution in [1.29, 1.82) is 0 Å². The molecule has 0 radical (unpaired) electrons. The van der Waals surface area contributed by atoms with Crippen molar-refractivity contribution in [2.45, 2.75) is 19.8 Å². The lowest BCUT2D eigenvalue weighted by Crippen LogP contribution is -2.22. The van der Waals surface area contributed by atoms with E-state index >= 15 is 0 Å². The predicted molar refractivity (Wildman–Crippen MR) is 106 cm³/mol. The van der Waals surface area contributed by atoms with Crippen LogP contribution in [-0.2, 0) is 4.79 Å². The number of hydrogen-bond donors (Lipinski definition) is 2. The third kappa shape index (κ3) is 6.51. The maximum Gasteiger partial charge on any atom is 0.243 e. The van der Waals surface area contributed by atoms with Crippen molar-refractivity contribution in [2.24, 2.45) is 0 Å². The molecule has 0 spiro atoms. The Morgan fingerprint density at radius 2 is 1.88 bits per heavy atom. The van der Waals surface area contributed by atoms with E-state index in [1.165, 1.54) is 0 Å². The summed E-state index contributed by atoms with van der Waals surface area (Å²) in [6.07, 6.45) is 3.81. The lowest BCUT2D eigenvalue weighted by Gasteiger charge is -2.12. The first-order valence-corrected chi connectivity index (χ1v) is 8.82. The van der Waals surface area contributed by atoms with E-state index in [-0.39, 0.29) is 12.5 Å². The molecule has 26 heavy (non-hydrogen) atoms. The Morgan fingerprint density at radius 3 is 2.62 bits per heavy atom. The van der Waals surface area contributed by atoms with Crippen LogP contribution in [0.3, 0.4) is 0 Å². The molecule has 0 saturated heterocycles. The molecule has 2 rings (SSSR count). The number of unbranched alkanes of at least 4 members (excludes halogenated alkanes) is 1. The topological polar surface area (TPSA) is 59.6 Å². The number of hydrogen-bond acceptors (Lipinski definition) is 4. The standard InChI is InChI=1S/C21H26N2O3/c1-3-5-15-25-18-12-10-17(11-13-18)22-16-21(24)23-19-8-6-7-9-20(19)26-14-4-2/h4,6-13,22H,2-3,5,14-16H2,1H3,(H,23,24). The third-order valence-electron chi connectivity index (χ3n) is 3.59. The van der Waals surface area contributed by atoms with Gasteiger partial charge in [-0.3, -0.25) is 4.79 Å². The molecule has 0 aliphatic carbocycles. The van der Waals surface area contributed by atoms with Crippen LogP contribution >= 0.6 is 0 Å². The number of carbonyl (C=O) groups is 1. The second-order valence-corrected chi connectivity index (χ2v) is 5.72. The lowest BCUT2D eigenvalue weighted by atomic mass is 10.3. The Kier molecular flexibility index (Phi) is 8.06. The second-order valence-electron chi connectivity index (χ2n) is 5.72. The molecule has 2 aromatic rings. The highest BCUT2D eigenvalue weighted by molar-refractivity contribution is 5.95. The summed E-state index contributed by atoms with van der Waals surface area (Å²) in [6, 6.07) is 14.9. The van der Waals surface area contributed by atoms with E-state index in [9.17, 15) is 4.79 Å². The van der Waals surface area contributed by atoms with Gasteiger partial charge in [-0.15, -0.1) is 0 Å². The van der Waals surface area contributed by atoms with Crippen molar-refractivity contribution in [2.75, 3.05) is 30.4 Å². The first-order chi connectivity index (χ1) is 12.7. The van der Waals surface area contributed by atoms with Gasteiger partial charge in [0, 0.05) is 5.69 Å². The van der Waals surface area contributed by atoms with Crippen molar-refractivity contribution in [3.8, 4) is 11.5 Å². The highest BCUT2D eigenvalue weighted by atomic mass is 16.5. The molecule has 0 aliphatic rings. The summed E-state index contributed by atoms with van der Waals surface area (Å²) in [7, 11) is 0. The van der Waals surface area contributed by atoms with Crippen molar-refractivity contribution < 1.29 is 14.3 Å². The Morgan fingerprint density at radius 1 is 1.12 bits per heavy atom. The van der Waals surface area contributed by atoms with Crippen LogP contribution in [0.1, 0.15) is 19.8 Å². The van der Waals surface area contributed by atoms with E-state index in [1.54, 1.807) is 12.1 Å². The summed E-state index contributed by atoms with van der Waals surface area (Å²) in [5.74, 6) is 1.30. The van der Waals surface area contributed by atoms with Gasteiger partial charge in [0.1, 0.15) is 18.1 Å². The largest absolute Gasteiger partial charge is 0.494 e. The fourth-order valence-electron chi connectivity index (χ4n) is 2.22. The zero-order valence-electron chi connectivity index (χ0n) is 15.2. The summed E-state index contributed by atoms with van der Waals surface area (Å²) in [5, 5.41) is 5.95. The summed E-state index contributed by atoms with van der Waals surface area (Å²) in [6.45, 7) is 7.02. The van der Waals surface area contributed by atoms with Gasteiger partial charge < -0.3 is 20.1 Å². The number of rotatable bonds is 11. The van der Waals surface area contributed by atoms with Crippen LogP contribution in [-0.4, -0.2) is 25.7 Å². The van der Waals surface area contributed by atoms with Crippen LogP contribution in [0.5, 0.6) is 11.5 Å². The van der Waals surface area contributed by atoms with Crippen LogP contribution in [0.4, 0.5) is 11.4 Å². The number of anilines is 2. The molecule has 0 aliphatic heterocycles. The van der Waals surface area contributed by atoms with Gasteiger partial charge in [-0.1, -0.05) is 38.1 Å². The van der Waals surface area contributed by atoms with E-state index < -0.39 is 0 Å². The monoisotopic (exact) mass is 354 g/mol. The fourth-order valence-corrected chi connectivity index (χ4v) is 2.22. The predicted octanol–water partition coefficient (Wildman–Crippen LogP) is 4.48. The van der Waals surface area contributed by atoms with E-state index in [0.717, 1.165) is 30.9 Å². The third-order valence-corrected chi connectivity index (χ3v) is 3.59. The summed E-state index contributed by atoms with van der Waals surface area (Å²) in [4.78, 5) is 12.2. The smallest absolute Gasteiger partial charge is 0.243 e. The molecule has 5 nitrogen and oxygen atoms in total. The van der Waals surface area contributed by atoms with E-state index in [0.29, 0.717) is 18.0 Å². The van der Waals surface area contributed by atoms with Gasteiger partial charge in [-0.2, -0.15) is 0 Å². The molecule has 1 amide bonds. The number of para-hydroxylation sites is 2. The Balaban J connectivity index is 1.82. The number of benzene rings is 2. The molecule has 0 atom stereocenters. The quantitative estimate of drug-likeness (QED) is 0.461. The molecular weight excluding hydrogens is 328 g/mol. The van der Waals surface area contributed by atoms with Crippen LogP contribution in [0, 0.1) is 0 Å². The van der Waals surface area contributed by atoms with Crippen LogP contribution < -0.4 is 20.1 Å². The summed E-state index contributed by atoms with van der Waals surface area (Å²) >= 11 is 0. The molecule has 2 N–H and O–H groups in total. The SMILES string of the molecule is C=CCOc1ccccc1NC(=O)CNc1ccc(OCCCC)cc1. The minimum absolute atomic E-state index is 0.150. The molecule has 5 heteroatoms. The van der Waals surface area contributed by atoms with Crippen LogP contribution in [0.15, 0.2) is 61.2 Å². The highest BCUT2D eigenvalue weighted by Gasteiger charge is 2.07. The second kappa shape index (κ2) is 10.8. The molecule has 2 aromatic carbocycles. The fraction of sp³-hybridized carbons (Fsp3) is 0.286. The maximum atomic E-state index is 12.2. The van der Waals surface area contributed by atoms with Gasteiger partial charge in [0.2, 0.25) is 5.91 Å². The molecule has 0 saturated carbocycles. The van der Waals surface area contributed by atoms with Gasteiger partial charge in [-0.05, 0) is 42.8 Å². The zero-order valence-corrected chi connectivity index (χ0v) is 15.2. The molecule has 0 heterocycles. The molecular formula is C21H26N2O3. The summed E-state index contributed by atoms with van der Waals surface area (Å²) < 4.78 is 11.2. The van der Waals surface area contributed by atoms with Crippen LogP contribution in [0.2, 0.25) is 0 Å². The average Bonchev–Trinajstić information content (AvgIpc) is 2.67. The number of amides is 1. The lowest BCUT2D eigenvalue weighted by molar-refractivity contribution is -0.114. The van der Waals surface area contributed by atoms with Gasteiger partial charge in [0.25, 0.3) is 0 Å². The average molecular weight is 354 g/mol. The van der Waals surface area contributed by atoms with Gasteiger partial charge in [0.05, 0.1) is 18.8 Å². The number of nitrogens with one attached hydrogen (secondary N) is 2. The van der Waals surface area contributed by atoms with E-state index in [1.807, 2.05) is 42.5 Å². The minimum atomic E-state index is -0.150. The number of ether oxygens (including phenoxy) is 2. The minimum Gasteiger partial charge on any atom is -0.494 e. The van der Waals surface area contributed by atoms with Crippen molar-refractivity contribution in [1.82, 2.24) is 0 Å². The normalized spacial score (nSPS) is 10.0. The van der Waals surface area contributed by atoms with E-state index in [2.05, 4.69) is 24.1 Å². The zero-order chi connectivity index (χ0) is 18.6. The van der Waals surface area contributed by atoms with Crippen LogP contribution in [0.25, 0.3) is 0 Å². The number of carbonyl (C=O) groups excluding carboxylic acids is 1. The molecule has 138 valence electrons. The molecule has 0 bridgehead atoms. The Bertz CT molecular complexity index is 699. The van der Waals surface area contributed by atoms with E-state index in [4.69, 9.17) is 9.47 Å². The van der Waals surface area contributed by atoms with Crippen molar-refractivity contribution in [3.63, 3.8) is 0 Å². The highest BCUT2D eigenvalue weighted by Crippen LogP contribution is 2.23. The molecule has 0 unspecified atom stereocenters. The first kappa shape index (κ1) is 19.4. The molecule has 0 aromatic heterocycles. The first-order valence-electron chi connectivity index (χ1n) is 8.82. The van der Waals surface area contributed by atoms with Gasteiger partial charge in [0.15, 0.2) is 0 Å². The molecule has 0 fully saturated rings. The van der Waals surface area contributed by atoms with Gasteiger partial charge >= 0.3 is 0 Å². The maximum absolute atomic E-state index is 12.2. The Hall–Kier alpha value is -2.95. The van der Waals surface area contributed by atoms with Crippen molar-refractivity contribution in [3.05, 3.63) is 61.2 Å².